The van der Waals surface area contributed by atoms with Gasteiger partial charge in [0.1, 0.15) is 0 Å². The Kier molecular flexibility index (Phi) is 5.65. The number of carbonyl (C=O) groups excluding carboxylic acids is 1. The van der Waals surface area contributed by atoms with Crippen LogP contribution < -0.4 is 5.32 Å². The molecule has 0 saturated carbocycles. The zero-order valence-corrected chi connectivity index (χ0v) is 11.7. The predicted octanol–water partition coefficient (Wildman–Crippen LogP) is 3.25. The maximum absolute atomic E-state index is 11.5. The molecule has 1 unspecified atom stereocenters. The van der Waals surface area contributed by atoms with Crippen LogP contribution in [0.3, 0.4) is 0 Å². The maximum Gasteiger partial charge on any atom is 0.412 e. The summed E-state index contributed by atoms with van der Waals surface area (Å²) in [5, 5.41) is 12.8. The minimum absolute atomic E-state index is 0.455. The average Bonchev–Trinajstić information content (AvgIpc) is 2.27. The van der Waals surface area contributed by atoms with Gasteiger partial charge in [-0.25, -0.2) is 4.79 Å². The first-order valence-electron chi connectivity index (χ1n) is 5.00. The van der Waals surface area contributed by atoms with Gasteiger partial charge in [-0.1, -0.05) is 53.0 Å². The Bertz CT molecular complexity index is 450. The summed E-state index contributed by atoms with van der Waals surface area (Å²) in [5.74, 6) is 0. The number of nitrogens with one attached hydrogen (secondary N) is 1. The molecule has 0 spiro atoms. The van der Waals surface area contributed by atoms with Gasteiger partial charge in [-0.05, 0) is 12.1 Å². The van der Waals surface area contributed by atoms with E-state index >= 15 is 0 Å². The molecule has 0 heterocycles. The molecule has 19 heavy (non-hydrogen) atoms. The van der Waals surface area contributed by atoms with Gasteiger partial charge in [-0.3, -0.25) is 15.4 Å². The molecule has 0 aromatic heterocycles. The number of nitrogens with zero attached hydrogens (tertiary/aromatic N) is 1. The van der Waals surface area contributed by atoms with Crippen molar-refractivity contribution in [3.63, 3.8) is 0 Å². The number of ether oxygens (including phenoxy) is 1. The number of para-hydroxylation sites is 1. The van der Waals surface area contributed by atoms with Crippen LogP contribution in [-0.4, -0.2) is 27.5 Å². The molecular formula is C10H9Cl3N2O4. The van der Waals surface area contributed by atoms with E-state index in [0.29, 0.717) is 5.69 Å². The normalized spacial score (nSPS) is 12.6. The largest absolute Gasteiger partial charge is 0.434 e. The molecule has 0 bridgehead atoms. The number of alkyl halides is 3. The maximum atomic E-state index is 11.5. The van der Waals surface area contributed by atoms with Crippen molar-refractivity contribution in [3.05, 3.63) is 40.4 Å². The molecular weight excluding hydrogens is 318 g/mol. The van der Waals surface area contributed by atoms with E-state index in [9.17, 15) is 14.9 Å². The number of nitro groups is 1. The Morgan fingerprint density at radius 2 is 1.95 bits per heavy atom. The summed E-state index contributed by atoms with van der Waals surface area (Å²) in [5.41, 5.74) is 0.455. The van der Waals surface area contributed by atoms with Crippen LogP contribution in [0.4, 0.5) is 10.5 Å². The van der Waals surface area contributed by atoms with Crippen molar-refractivity contribution in [1.82, 2.24) is 0 Å². The van der Waals surface area contributed by atoms with Gasteiger partial charge in [0.2, 0.25) is 16.4 Å². The minimum Gasteiger partial charge on any atom is -0.434 e. The molecule has 0 fully saturated rings. The molecule has 1 N–H and O–H groups in total. The van der Waals surface area contributed by atoms with E-state index in [-0.39, 0.29) is 0 Å². The standard InChI is InChI=1S/C10H9Cl3N2O4/c11-10(12,13)8(6-15(17)18)19-9(16)14-7-4-2-1-3-5-7/h1-5,8H,6H2,(H,14,16). The first-order chi connectivity index (χ1) is 8.79. The Morgan fingerprint density at radius 3 is 2.42 bits per heavy atom. The Balaban J connectivity index is 2.64. The number of hydrogen-bond donors (Lipinski definition) is 1. The molecule has 0 aliphatic carbocycles. The van der Waals surface area contributed by atoms with E-state index in [0.717, 1.165) is 0 Å². The fraction of sp³-hybridized carbons (Fsp3) is 0.300. The van der Waals surface area contributed by atoms with E-state index in [4.69, 9.17) is 39.5 Å². The third-order valence-electron chi connectivity index (χ3n) is 1.95. The van der Waals surface area contributed by atoms with Crippen LogP contribution in [0.1, 0.15) is 0 Å². The first kappa shape index (κ1) is 15.8. The van der Waals surface area contributed by atoms with Gasteiger partial charge in [0, 0.05) is 10.6 Å². The highest BCUT2D eigenvalue weighted by Gasteiger charge is 2.40. The lowest BCUT2D eigenvalue weighted by atomic mass is 10.3. The van der Waals surface area contributed by atoms with Gasteiger partial charge in [0.15, 0.2) is 0 Å². The highest BCUT2D eigenvalue weighted by molar-refractivity contribution is 6.68. The molecule has 1 aromatic rings. The fourth-order valence-corrected chi connectivity index (χ4v) is 1.48. The van der Waals surface area contributed by atoms with Gasteiger partial charge in [0.05, 0.1) is 0 Å². The van der Waals surface area contributed by atoms with Crippen molar-refractivity contribution in [1.29, 1.82) is 0 Å². The number of carbonyl (C=O) groups is 1. The summed E-state index contributed by atoms with van der Waals surface area (Å²) in [7, 11) is 0. The van der Waals surface area contributed by atoms with E-state index in [2.05, 4.69) is 5.32 Å². The molecule has 1 amide bonds. The number of anilines is 1. The highest BCUT2D eigenvalue weighted by atomic mass is 35.6. The number of amides is 1. The van der Waals surface area contributed by atoms with Crippen molar-refractivity contribution in [2.45, 2.75) is 9.90 Å². The zero-order chi connectivity index (χ0) is 14.5. The highest BCUT2D eigenvalue weighted by Crippen LogP contribution is 2.32. The lowest BCUT2D eigenvalue weighted by Gasteiger charge is -2.21. The summed E-state index contributed by atoms with van der Waals surface area (Å²) in [6.07, 6.45) is -2.43. The average molecular weight is 328 g/mol. The third kappa shape index (κ3) is 5.96. The van der Waals surface area contributed by atoms with Crippen molar-refractivity contribution in [2.75, 3.05) is 11.9 Å². The molecule has 0 aliphatic heterocycles. The van der Waals surface area contributed by atoms with Gasteiger partial charge >= 0.3 is 6.09 Å². The van der Waals surface area contributed by atoms with Crippen LogP contribution in [0, 0.1) is 10.1 Å². The summed E-state index contributed by atoms with van der Waals surface area (Å²) in [6, 6.07) is 8.36. The third-order valence-corrected chi connectivity index (χ3v) is 2.68. The van der Waals surface area contributed by atoms with Gasteiger partial charge in [0.25, 0.3) is 0 Å². The van der Waals surface area contributed by atoms with E-state index < -0.39 is 27.5 Å². The van der Waals surface area contributed by atoms with Crippen molar-refractivity contribution in [2.24, 2.45) is 0 Å². The van der Waals surface area contributed by atoms with Crippen LogP contribution in [0.25, 0.3) is 0 Å². The second-order valence-electron chi connectivity index (χ2n) is 3.44. The summed E-state index contributed by atoms with van der Waals surface area (Å²) < 4.78 is 2.66. The Labute approximate surface area is 123 Å². The topological polar surface area (TPSA) is 81.5 Å². The Morgan fingerprint density at radius 1 is 1.37 bits per heavy atom. The van der Waals surface area contributed by atoms with Gasteiger partial charge in [-0.2, -0.15) is 0 Å². The van der Waals surface area contributed by atoms with Crippen LogP contribution in [0.15, 0.2) is 30.3 Å². The van der Waals surface area contributed by atoms with Gasteiger partial charge in [-0.15, -0.1) is 0 Å². The Hall–Kier alpha value is -1.24. The van der Waals surface area contributed by atoms with Crippen LogP contribution in [0.5, 0.6) is 0 Å². The zero-order valence-electron chi connectivity index (χ0n) is 9.39. The number of benzene rings is 1. The number of halogens is 3. The molecule has 0 radical (unpaired) electrons. The molecule has 0 aliphatic rings. The molecule has 0 saturated heterocycles. The molecule has 104 valence electrons. The van der Waals surface area contributed by atoms with Crippen molar-refractivity contribution in [3.8, 4) is 0 Å². The monoisotopic (exact) mass is 326 g/mol. The van der Waals surface area contributed by atoms with Crippen LogP contribution in [-0.2, 0) is 4.74 Å². The SMILES string of the molecule is O=C(Nc1ccccc1)OC(C[N+](=O)[O-])C(Cl)(Cl)Cl. The van der Waals surface area contributed by atoms with Crippen molar-refractivity contribution < 1.29 is 14.5 Å². The molecule has 9 heteroatoms. The van der Waals surface area contributed by atoms with E-state index in [1.165, 1.54) is 0 Å². The van der Waals surface area contributed by atoms with E-state index in [1.54, 1.807) is 30.3 Å². The molecule has 1 aromatic carbocycles. The minimum atomic E-state index is -2.08. The fourth-order valence-electron chi connectivity index (χ4n) is 1.14. The van der Waals surface area contributed by atoms with Crippen LogP contribution in [0.2, 0.25) is 0 Å². The molecule has 1 rings (SSSR count). The first-order valence-corrected chi connectivity index (χ1v) is 6.13. The van der Waals surface area contributed by atoms with Crippen molar-refractivity contribution >= 4 is 46.6 Å². The second-order valence-corrected chi connectivity index (χ2v) is 5.81. The smallest absolute Gasteiger partial charge is 0.412 e. The second kappa shape index (κ2) is 6.79. The quantitative estimate of drug-likeness (QED) is 0.523. The lowest BCUT2D eigenvalue weighted by molar-refractivity contribution is -0.489. The summed E-state index contributed by atoms with van der Waals surface area (Å²) in [4.78, 5) is 21.2. The van der Waals surface area contributed by atoms with E-state index in [1.807, 2.05) is 0 Å². The summed E-state index contributed by atoms with van der Waals surface area (Å²) >= 11 is 16.5. The predicted molar refractivity (Wildman–Crippen MR) is 72.5 cm³/mol. The molecule has 1 atom stereocenters. The molecule has 6 nitrogen and oxygen atoms in total. The van der Waals surface area contributed by atoms with Crippen LogP contribution >= 0.6 is 34.8 Å². The lowest BCUT2D eigenvalue weighted by Crippen LogP contribution is -2.38. The summed E-state index contributed by atoms with van der Waals surface area (Å²) in [6.45, 7) is -0.807. The van der Waals surface area contributed by atoms with Gasteiger partial charge < -0.3 is 4.74 Å². The number of hydrogen-bond acceptors (Lipinski definition) is 4. The number of rotatable bonds is 4.